The van der Waals surface area contributed by atoms with E-state index in [1.54, 1.807) is 0 Å². The Kier molecular flexibility index (Phi) is 6.43. The predicted molar refractivity (Wildman–Crippen MR) is 111 cm³/mol. The molecular weight excluding hydrogens is 334 g/mol. The number of benzene rings is 2. The fourth-order valence-corrected chi connectivity index (χ4v) is 3.81. The van der Waals surface area contributed by atoms with Crippen molar-refractivity contribution in [2.24, 2.45) is 5.73 Å². The van der Waals surface area contributed by atoms with Gasteiger partial charge in [-0.1, -0.05) is 55.1 Å². The summed E-state index contributed by atoms with van der Waals surface area (Å²) in [5, 5.41) is 6.50. The quantitative estimate of drug-likeness (QED) is 0.705. The molecule has 4 N–H and O–H groups in total. The molecule has 0 heterocycles. The summed E-state index contributed by atoms with van der Waals surface area (Å²) in [7, 11) is 1.90. The minimum absolute atomic E-state index is 0.0181. The summed E-state index contributed by atoms with van der Waals surface area (Å²) in [5.74, 6) is 0.0755. The highest BCUT2D eigenvalue weighted by atomic mass is 16.1. The maximum absolute atomic E-state index is 12.7. The van der Waals surface area contributed by atoms with E-state index >= 15 is 0 Å². The van der Waals surface area contributed by atoms with Gasteiger partial charge in [0.2, 0.25) is 5.91 Å². The first-order chi connectivity index (χ1) is 13.1. The number of nitrogens with two attached hydrogens (primary N) is 1. The van der Waals surface area contributed by atoms with Crippen LogP contribution in [-0.2, 0) is 11.2 Å². The van der Waals surface area contributed by atoms with Gasteiger partial charge in [-0.2, -0.15) is 0 Å². The molecule has 1 amide bonds. The van der Waals surface area contributed by atoms with E-state index in [4.69, 9.17) is 5.73 Å². The predicted octanol–water partition coefficient (Wildman–Crippen LogP) is 3.50. The first kappa shape index (κ1) is 19.3. The number of carbonyl (C=O) groups excluding carboxylic acids is 1. The third kappa shape index (κ3) is 4.65. The summed E-state index contributed by atoms with van der Waals surface area (Å²) in [5.41, 5.74) is 11.4. The molecule has 0 aliphatic heterocycles. The lowest BCUT2D eigenvalue weighted by Gasteiger charge is -2.28. The molecule has 4 heteroatoms. The number of rotatable bonds is 7. The van der Waals surface area contributed by atoms with Gasteiger partial charge in [0.15, 0.2) is 0 Å². The van der Waals surface area contributed by atoms with Crippen LogP contribution >= 0.6 is 0 Å². The van der Waals surface area contributed by atoms with Crippen molar-refractivity contribution in [1.82, 2.24) is 10.6 Å². The molecule has 2 aromatic carbocycles. The Hall–Kier alpha value is -2.43. The molecule has 0 bridgehead atoms. The van der Waals surface area contributed by atoms with Crippen LogP contribution in [0.15, 0.2) is 55.1 Å². The van der Waals surface area contributed by atoms with Gasteiger partial charge in [0.05, 0.1) is 6.04 Å². The number of fused-ring (bicyclic) bond motifs is 1. The van der Waals surface area contributed by atoms with E-state index in [2.05, 4.69) is 47.5 Å². The fraction of sp³-hybridized carbons (Fsp3) is 0.348. The Bertz CT molecular complexity index is 801. The number of nitrogens with one attached hydrogen (secondary N) is 2. The summed E-state index contributed by atoms with van der Waals surface area (Å²) in [6, 6.07) is 16.6. The topological polar surface area (TPSA) is 67.1 Å². The van der Waals surface area contributed by atoms with E-state index in [1.165, 1.54) is 11.1 Å². The number of aryl methyl sites for hydroxylation is 1. The monoisotopic (exact) mass is 363 g/mol. The second-order valence-electron chi connectivity index (χ2n) is 7.19. The lowest BCUT2D eigenvalue weighted by atomic mass is 9.85. The van der Waals surface area contributed by atoms with Crippen molar-refractivity contribution in [1.29, 1.82) is 0 Å². The maximum atomic E-state index is 12.7. The molecule has 0 radical (unpaired) electrons. The van der Waals surface area contributed by atoms with Crippen LogP contribution in [0.3, 0.4) is 0 Å². The van der Waals surface area contributed by atoms with Crippen LogP contribution in [-0.4, -0.2) is 19.5 Å². The number of hydrogen-bond donors (Lipinski definition) is 3. The summed E-state index contributed by atoms with van der Waals surface area (Å²) < 4.78 is 0. The van der Waals surface area contributed by atoms with Crippen LogP contribution in [0.5, 0.6) is 0 Å². The van der Waals surface area contributed by atoms with Crippen LogP contribution in [0.2, 0.25) is 0 Å². The van der Waals surface area contributed by atoms with Crippen LogP contribution in [0, 0.1) is 0 Å². The molecule has 0 saturated carbocycles. The molecule has 2 atom stereocenters. The average Bonchev–Trinajstić information content (AvgIpc) is 2.71. The van der Waals surface area contributed by atoms with Crippen molar-refractivity contribution in [3.8, 4) is 0 Å². The molecule has 2 aromatic rings. The van der Waals surface area contributed by atoms with Crippen LogP contribution in [0.25, 0.3) is 5.57 Å². The smallest absolute Gasteiger partial charge is 0.222 e. The Balaban J connectivity index is 1.69. The first-order valence-electron chi connectivity index (χ1n) is 9.65. The van der Waals surface area contributed by atoms with Crippen molar-refractivity contribution in [3.63, 3.8) is 0 Å². The Labute approximate surface area is 161 Å². The van der Waals surface area contributed by atoms with Crippen LogP contribution in [0.1, 0.15) is 53.6 Å². The summed E-state index contributed by atoms with van der Waals surface area (Å²) in [4.78, 5) is 12.7. The molecule has 0 fully saturated rings. The summed E-state index contributed by atoms with van der Waals surface area (Å²) in [6.45, 7) is 4.49. The van der Waals surface area contributed by atoms with Gasteiger partial charge in [0.25, 0.3) is 0 Å². The van der Waals surface area contributed by atoms with E-state index < -0.39 is 0 Å². The highest BCUT2D eigenvalue weighted by Gasteiger charge is 2.23. The molecule has 0 aromatic heterocycles. The molecule has 0 spiro atoms. The average molecular weight is 364 g/mol. The molecular formula is C23H29N3O. The van der Waals surface area contributed by atoms with E-state index in [0.717, 1.165) is 36.0 Å². The zero-order valence-corrected chi connectivity index (χ0v) is 16.0. The minimum atomic E-state index is 0.0181. The molecule has 142 valence electrons. The number of hydrogen-bond acceptors (Lipinski definition) is 3. The number of carbonyl (C=O) groups is 1. The molecule has 1 aliphatic carbocycles. The van der Waals surface area contributed by atoms with Crippen LogP contribution in [0.4, 0.5) is 0 Å². The largest absolute Gasteiger partial charge is 0.349 e. The standard InChI is InChI=1S/C23H29N3O/c1-16(15-24)18-11-12-20-19(13-18)9-6-10-21(20)26-23(27)14-22(25-2)17-7-4-3-5-8-17/h3-5,7-8,11-13,21-22,25H,1,6,9-10,14-15,24H2,2H3,(H,26,27)/t21-,22-/m1/s1. The van der Waals surface area contributed by atoms with Crippen molar-refractivity contribution >= 4 is 11.5 Å². The van der Waals surface area contributed by atoms with E-state index in [-0.39, 0.29) is 18.0 Å². The van der Waals surface area contributed by atoms with Gasteiger partial charge in [-0.25, -0.2) is 0 Å². The summed E-state index contributed by atoms with van der Waals surface area (Å²) in [6.07, 6.45) is 3.51. The van der Waals surface area contributed by atoms with Gasteiger partial charge < -0.3 is 16.4 Å². The molecule has 27 heavy (non-hydrogen) atoms. The van der Waals surface area contributed by atoms with Gasteiger partial charge in [-0.05, 0) is 54.1 Å². The minimum Gasteiger partial charge on any atom is -0.349 e. The second kappa shape index (κ2) is 8.98. The SMILES string of the molecule is C=C(CN)c1ccc2c(c1)CCC[C@H]2NC(=O)C[C@@H](NC)c1ccccc1. The van der Waals surface area contributed by atoms with Gasteiger partial charge in [0.1, 0.15) is 0 Å². The third-order valence-electron chi connectivity index (χ3n) is 5.39. The highest BCUT2D eigenvalue weighted by molar-refractivity contribution is 5.77. The highest BCUT2D eigenvalue weighted by Crippen LogP contribution is 2.32. The van der Waals surface area contributed by atoms with Gasteiger partial charge >= 0.3 is 0 Å². The molecule has 3 rings (SSSR count). The van der Waals surface area contributed by atoms with Gasteiger partial charge in [0, 0.05) is 19.0 Å². The molecule has 1 aliphatic rings. The molecule has 4 nitrogen and oxygen atoms in total. The van der Waals surface area contributed by atoms with Crippen molar-refractivity contribution < 1.29 is 4.79 Å². The Morgan fingerprint density at radius 1 is 1.26 bits per heavy atom. The fourth-order valence-electron chi connectivity index (χ4n) is 3.81. The second-order valence-corrected chi connectivity index (χ2v) is 7.19. The van der Waals surface area contributed by atoms with E-state index in [1.807, 2.05) is 25.2 Å². The molecule has 0 unspecified atom stereocenters. The Morgan fingerprint density at radius 3 is 2.74 bits per heavy atom. The van der Waals surface area contributed by atoms with Crippen molar-refractivity contribution in [2.45, 2.75) is 37.8 Å². The zero-order valence-electron chi connectivity index (χ0n) is 16.0. The normalized spacial score (nSPS) is 17.0. The summed E-state index contributed by atoms with van der Waals surface area (Å²) >= 11 is 0. The Morgan fingerprint density at radius 2 is 2.04 bits per heavy atom. The van der Waals surface area contributed by atoms with Gasteiger partial charge in [-0.3, -0.25) is 4.79 Å². The maximum Gasteiger partial charge on any atom is 0.222 e. The lowest BCUT2D eigenvalue weighted by molar-refractivity contribution is -0.122. The zero-order chi connectivity index (χ0) is 19.2. The number of amides is 1. The van der Waals surface area contributed by atoms with Crippen molar-refractivity contribution in [3.05, 3.63) is 77.4 Å². The van der Waals surface area contributed by atoms with E-state index in [0.29, 0.717) is 13.0 Å². The first-order valence-corrected chi connectivity index (χ1v) is 9.65. The van der Waals surface area contributed by atoms with Crippen molar-refractivity contribution in [2.75, 3.05) is 13.6 Å². The lowest BCUT2D eigenvalue weighted by Crippen LogP contribution is -2.33. The third-order valence-corrected chi connectivity index (χ3v) is 5.39. The molecule has 0 saturated heterocycles. The van der Waals surface area contributed by atoms with Crippen LogP contribution < -0.4 is 16.4 Å². The van der Waals surface area contributed by atoms with E-state index in [9.17, 15) is 4.79 Å². The van der Waals surface area contributed by atoms with Gasteiger partial charge in [-0.15, -0.1) is 0 Å².